The largest absolute Gasteiger partial charge is 0.573 e. The maximum atomic E-state index is 12.1. The first-order valence-corrected chi connectivity index (χ1v) is 5.87. The predicted molar refractivity (Wildman–Crippen MR) is 65.5 cm³/mol. The summed E-state index contributed by atoms with van der Waals surface area (Å²) in [5, 5.41) is 8.88. The summed E-state index contributed by atoms with van der Waals surface area (Å²) in [7, 11) is 0. The smallest absolute Gasteiger partial charge is 0.478 e. The van der Waals surface area contributed by atoms with Crippen LogP contribution in [-0.4, -0.2) is 17.4 Å². The molecule has 0 saturated carbocycles. The molecule has 0 aliphatic heterocycles. The van der Waals surface area contributed by atoms with Gasteiger partial charge < -0.3 is 9.84 Å². The molecule has 0 saturated heterocycles. The van der Waals surface area contributed by atoms with Gasteiger partial charge in [0.05, 0.1) is 5.56 Å². The quantitative estimate of drug-likeness (QED) is 0.902. The van der Waals surface area contributed by atoms with Gasteiger partial charge >= 0.3 is 12.3 Å². The number of hydrogen-bond donors (Lipinski definition) is 1. The molecular formula is C13H17F3O3. The summed E-state index contributed by atoms with van der Waals surface area (Å²) in [5.74, 6) is -1.53. The number of aromatic carboxylic acids is 1. The average Bonchev–Trinajstić information content (AvgIpc) is 2.32. The Hall–Kier alpha value is -1.72. The van der Waals surface area contributed by atoms with Crippen molar-refractivity contribution in [3.05, 3.63) is 28.8 Å². The molecule has 1 N–H and O–H groups in total. The zero-order valence-electron chi connectivity index (χ0n) is 11.3. The highest BCUT2D eigenvalue weighted by Crippen LogP contribution is 2.30. The molecule has 6 heteroatoms. The number of carboxylic acid groups (broad SMARTS) is 1. The number of alkyl halides is 3. The summed E-state index contributed by atoms with van der Waals surface area (Å²) in [4.78, 5) is 10.9. The van der Waals surface area contributed by atoms with Gasteiger partial charge in [-0.1, -0.05) is 20.8 Å². The Bertz CT molecular complexity index is 439. The molecule has 0 heterocycles. The molecule has 0 aromatic heterocycles. The van der Waals surface area contributed by atoms with Crippen molar-refractivity contribution in [1.82, 2.24) is 0 Å². The van der Waals surface area contributed by atoms with Crippen molar-refractivity contribution < 1.29 is 27.8 Å². The summed E-state index contributed by atoms with van der Waals surface area (Å²) in [6.45, 7) is 7.08. The molecule has 0 radical (unpaired) electrons. The molecule has 0 aliphatic carbocycles. The third-order valence-electron chi connectivity index (χ3n) is 2.36. The lowest BCUT2D eigenvalue weighted by Crippen LogP contribution is -2.18. The van der Waals surface area contributed by atoms with Crippen LogP contribution in [0, 0.1) is 6.92 Å². The van der Waals surface area contributed by atoms with Gasteiger partial charge in [0.1, 0.15) is 5.75 Å². The molecule has 108 valence electrons. The lowest BCUT2D eigenvalue weighted by atomic mass is 9.99. The molecule has 1 aromatic rings. The first kappa shape index (κ1) is 17.3. The Morgan fingerprint density at radius 3 is 2.21 bits per heavy atom. The van der Waals surface area contributed by atoms with Crippen molar-refractivity contribution in [3.63, 3.8) is 0 Å². The van der Waals surface area contributed by atoms with Crippen molar-refractivity contribution in [2.24, 2.45) is 0 Å². The van der Waals surface area contributed by atoms with Gasteiger partial charge in [-0.15, -0.1) is 13.2 Å². The minimum atomic E-state index is -4.78. The number of benzene rings is 1. The average molecular weight is 278 g/mol. The Morgan fingerprint density at radius 1 is 1.32 bits per heavy atom. The molecule has 1 rings (SSSR count). The van der Waals surface area contributed by atoms with Crippen molar-refractivity contribution >= 4 is 5.97 Å². The minimum absolute atomic E-state index is 0.000440. The maximum absolute atomic E-state index is 12.1. The van der Waals surface area contributed by atoms with E-state index < -0.39 is 12.3 Å². The summed E-state index contributed by atoms with van der Waals surface area (Å²) in [6, 6.07) is 2.14. The Kier molecular flexibility index (Phi) is 6.38. The van der Waals surface area contributed by atoms with Gasteiger partial charge in [-0.2, -0.15) is 0 Å². The maximum Gasteiger partial charge on any atom is 0.573 e. The van der Waals surface area contributed by atoms with Crippen molar-refractivity contribution in [1.29, 1.82) is 0 Å². The summed E-state index contributed by atoms with van der Waals surface area (Å²) < 4.78 is 40.0. The molecule has 0 unspecified atom stereocenters. The van der Waals surface area contributed by atoms with Crippen LogP contribution in [0.25, 0.3) is 0 Å². The normalized spacial score (nSPS) is 10.5. The van der Waals surface area contributed by atoms with Crippen molar-refractivity contribution in [2.45, 2.75) is 40.5 Å². The van der Waals surface area contributed by atoms with Gasteiger partial charge in [0.2, 0.25) is 0 Å². The lowest BCUT2D eigenvalue weighted by molar-refractivity contribution is -0.274. The van der Waals surface area contributed by atoms with Crippen LogP contribution in [0.5, 0.6) is 5.75 Å². The van der Waals surface area contributed by atoms with Crippen LogP contribution < -0.4 is 4.74 Å². The SMILES string of the molecule is CC.CCc1c(C(=O)O)ccc(OC(F)(F)F)c1C. The van der Waals surface area contributed by atoms with E-state index in [2.05, 4.69) is 4.74 Å². The molecule has 0 bridgehead atoms. The van der Waals surface area contributed by atoms with E-state index in [1.54, 1.807) is 6.92 Å². The van der Waals surface area contributed by atoms with E-state index in [1.807, 2.05) is 13.8 Å². The second kappa shape index (κ2) is 7.01. The van der Waals surface area contributed by atoms with E-state index in [0.717, 1.165) is 12.1 Å². The van der Waals surface area contributed by atoms with Crippen LogP contribution >= 0.6 is 0 Å². The second-order valence-corrected chi connectivity index (χ2v) is 3.42. The van der Waals surface area contributed by atoms with Gasteiger partial charge in [0.15, 0.2) is 0 Å². The van der Waals surface area contributed by atoms with E-state index in [-0.39, 0.29) is 16.9 Å². The third-order valence-corrected chi connectivity index (χ3v) is 2.36. The molecule has 0 amide bonds. The number of halogens is 3. The van der Waals surface area contributed by atoms with Crippen LogP contribution in [0.15, 0.2) is 12.1 Å². The van der Waals surface area contributed by atoms with Gasteiger partial charge in [0, 0.05) is 0 Å². The van der Waals surface area contributed by atoms with Crippen LogP contribution in [0.1, 0.15) is 42.3 Å². The highest BCUT2D eigenvalue weighted by atomic mass is 19.4. The molecular weight excluding hydrogens is 261 g/mol. The summed E-state index contributed by atoms with van der Waals surface area (Å²) >= 11 is 0. The van der Waals surface area contributed by atoms with E-state index in [9.17, 15) is 18.0 Å². The zero-order valence-corrected chi connectivity index (χ0v) is 11.3. The summed E-state index contributed by atoms with van der Waals surface area (Å²) in [5.41, 5.74) is 0.545. The van der Waals surface area contributed by atoms with Crippen LogP contribution in [-0.2, 0) is 6.42 Å². The minimum Gasteiger partial charge on any atom is -0.478 e. The predicted octanol–water partition coefficient (Wildman–Crippen LogP) is 4.18. The lowest BCUT2D eigenvalue weighted by Gasteiger charge is -2.15. The molecule has 0 fully saturated rings. The fourth-order valence-corrected chi connectivity index (χ4v) is 1.63. The molecule has 0 aliphatic rings. The fourth-order valence-electron chi connectivity index (χ4n) is 1.63. The molecule has 0 atom stereocenters. The van der Waals surface area contributed by atoms with Crippen molar-refractivity contribution in [3.8, 4) is 5.75 Å². The highest BCUT2D eigenvalue weighted by molar-refractivity contribution is 5.90. The highest BCUT2D eigenvalue weighted by Gasteiger charge is 2.32. The standard InChI is InChI=1S/C11H11F3O3.C2H6/c1-3-7-6(2)9(17-11(12,13)14)5-4-8(7)10(15)16;1-2/h4-5H,3H2,1-2H3,(H,15,16);1-2H3. The Balaban J connectivity index is 0.00000154. The second-order valence-electron chi connectivity index (χ2n) is 3.42. The number of rotatable bonds is 3. The monoisotopic (exact) mass is 278 g/mol. The Morgan fingerprint density at radius 2 is 1.84 bits per heavy atom. The molecule has 1 aromatic carbocycles. The van der Waals surface area contributed by atoms with Gasteiger partial charge in [-0.25, -0.2) is 4.79 Å². The number of ether oxygens (including phenoxy) is 1. The van der Waals surface area contributed by atoms with E-state index >= 15 is 0 Å². The Labute approximate surface area is 110 Å². The number of carboxylic acids is 1. The molecule has 19 heavy (non-hydrogen) atoms. The third kappa shape index (κ3) is 4.81. The first-order valence-electron chi connectivity index (χ1n) is 5.87. The van der Waals surface area contributed by atoms with Gasteiger partial charge in [-0.3, -0.25) is 0 Å². The zero-order chi connectivity index (χ0) is 15.2. The molecule has 0 spiro atoms. The number of hydrogen-bond acceptors (Lipinski definition) is 2. The topological polar surface area (TPSA) is 46.5 Å². The van der Waals surface area contributed by atoms with Gasteiger partial charge in [-0.05, 0) is 36.6 Å². The first-order chi connectivity index (χ1) is 8.76. The number of carbonyl (C=O) groups is 1. The van der Waals surface area contributed by atoms with Crippen LogP contribution in [0.2, 0.25) is 0 Å². The fraction of sp³-hybridized carbons (Fsp3) is 0.462. The van der Waals surface area contributed by atoms with Crippen molar-refractivity contribution in [2.75, 3.05) is 0 Å². The summed E-state index contributed by atoms with van der Waals surface area (Å²) in [6.07, 6.45) is -4.46. The van der Waals surface area contributed by atoms with E-state index in [4.69, 9.17) is 5.11 Å². The van der Waals surface area contributed by atoms with Gasteiger partial charge in [0.25, 0.3) is 0 Å². The van der Waals surface area contributed by atoms with E-state index in [1.165, 1.54) is 6.92 Å². The van der Waals surface area contributed by atoms with Crippen LogP contribution in [0.3, 0.4) is 0 Å². The van der Waals surface area contributed by atoms with Crippen LogP contribution in [0.4, 0.5) is 13.2 Å². The van der Waals surface area contributed by atoms with E-state index in [0.29, 0.717) is 12.0 Å². The molecule has 3 nitrogen and oxygen atoms in total.